The lowest BCUT2D eigenvalue weighted by molar-refractivity contribution is -0.137. The van der Waals surface area contributed by atoms with Gasteiger partial charge in [-0.25, -0.2) is 4.79 Å². The fourth-order valence-corrected chi connectivity index (χ4v) is 0.643. The van der Waals surface area contributed by atoms with Crippen LogP contribution in [0.4, 0.5) is 0 Å². The lowest BCUT2D eigenvalue weighted by atomic mass is 10.4. The normalized spacial score (nSPS) is 10.2. The van der Waals surface area contributed by atoms with E-state index in [-0.39, 0.29) is 5.91 Å². The molecule has 0 aliphatic rings. The molecule has 0 atom stereocenters. The average molecular weight is 199 g/mol. The molecular formula is C10H17NO3. The van der Waals surface area contributed by atoms with Gasteiger partial charge >= 0.3 is 5.97 Å². The first-order valence-corrected chi connectivity index (χ1v) is 4.66. The van der Waals surface area contributed by atoms with Gasteiger partial charge in [-0.15, -0.1) is 0 Å². The Morgan fingerprint density at radius 2 is 2.07 bits per heavy atom. The number of nitrogens with zero attached hydrogens (tertiary/aromatic N) is 1. The van der Waals surface area contributed by atoms with Crippen LogP contribution in [0.15, 0.2) is 12.3 Å². The molecule has 1 amide bonds. The van der Waals surface area contributed by atoms with Gasteiger partial charge in [0.25, 0.3) is 0 Å². The van der Waals surface area contributed by atoms with Gasteiger partial charge in [-0.3, -0.25) is 4.79 Å². The second-order valence-electron chi connectivity index (χ2n) is 2.97. The van der Waals surface area contributed by atoms with E-state index in [1.54, 1.807) is 7.05 Å². The van der Waals surface area contributed by atoms with E-state index < -0.39 is 5.97 Å². The summed E-state index contributed by atoms with van der Waals surface area (Å²) in [4.78, 5) is 23.1. The fraction of sp³-hybridized carbons (Fsp3) is 0.600. The Bertz CT molecular complexity index is 223. The van der Waals surface area contributed by atoms with Crippen LogP contribution in [0, 0.1) is 0 Å². The van der Waals surface area contributed by atoms with Crippen LogP contribution < -0.4 is 0 Å². The van der Waals surface area contributed by atoms with Crippen molar-refractivity contribution in [3.8, 4) is 0 Å². The molecule has 0 saturated carbocycles. The Balaban J connectivity index is 3.76. The molecule has 4 heteroatoms. The number of carbonyl (C=O) groups is 2. The summed E-state index contributed by atoms with van der Waals surface area (Å²) in [6.07, 6.45) is 4.50. The first-order chi connectivity index (χ1) is 6.57. The monoisotopic (exact) mass is 199 g/mol. The largest absolute Gasteiger partial charge is 0.462 e. The third-order valence-electron chi connectivity index (χ3n) is 1.67. The van der Waals surface area contributed by atoms with E-state index in [1.165, 1.54) is 24.1 Å². The Kier molecular flexibility index (Phi) is 6.45. The standard InChI is InChI=1S/C10H17NO3/c1-4-5-8-14-10(13)6-7-11(3)9(2)12/h6-7H,4-5,8H2,1-3H3/b7-6+. The van der Waals surface area contributed by atoms with Gasteiger partial charge in [0.05, 0.1) is 6.61 Å². The van der Waals surface area contributed by atoms with Crippen LogP contribution in [-0.2, 0) is 14.3 Å². The van der Waals surface area contributed by atoms with E-state index in [0.717, 1.165) is 12.8 Å². The Morgan fingerprint density at radius 1 is 1.43 bits per heavy atom. The Labute approximate surface area is 84.5 Å². The minimum atomic E-state index is -0.411. The molecule has 0 bridgehead atoms. The van der Waals surface area contributed by atoms with Gasteiger partial charge in [-0.05, 0) is 6.42 Å². The van der Waals surface area contributed by atoms with Gasteiger partial charge < -0.3 is 9.64 Å². The highest BCUT2D eigenvalue weighted by Gasteiger charge is 1.99. The molecule has 14 heavy (non-hydrogen) atoms. The van der Waals surface area contributed by atoms with Crippen LogP contribution in [0.25, 0.3) is 0 Å². The molecule has 0 N–H and O–H groups in total. The van der Waals surface area contributed by atoms with Crippen LogP contribution in [0.5, 0.6) is 0 Å². The molecule has 0 spiro atoms. The quantitative estimate of drug-likeness (QED) is 0.381. The Hall–Kier alpha value is -1.32. The molecule has 0 aromatic rings. The summed E-state index contributed by atoms with van der Waals surface area (Å²) < 4.78 is 4.85. The fourth-order valence-electron chi connectivity index (χ4n) is 0.643. The van der Waals surface area contributed by atoms with Gasteiger partial charge in [0.2, 0.25) is 5.91 Å². The molecule has 4 nitrogen and oxygen atoms in total. The number of ether oxygens (including phenoxy) is 1. The van der Waals surface area contributed by atoms with Crippen molar-refractivity contribution >= 4 is 11.9 Å². The second-order valence-corrected chi connectivity index (χ2v) is 2.97. The van der Waals surface area contributed by atoms with Crippen molar-refractivity contribution in [2.45, 2.75) is 26.7 Å². The van der Waals surface area contributed by atoms with E-state index in [9.17, 15) is 9.59 Å². The predicted molar refractivity (Wildman–Crippen MR) is 53.5 cm³/mol. The van der Waals surface area contributed by atoms with Crippen molar-refractivity contribution in [2.75, 3.05) is 13.7 Å². The van der Waals surface area contributed by atoms with Crippen LogP contribution in [0.3, 0.4) is 0 Å². The maximum atomic E-state index is 11.0. The molecule has 0 aromatic carbocycles. The van der Waals surface area contributed by atoms with Crippen LogP contribution in [0.2, 0.25) is 0 Å². The number of hydrogen-bond acceptors (Lipinski definition) is 3. The second kappa shape index (κ2) is 7.12. The first kappa shape index (κ1) is 12.7. The molecule has 80 valence electrons. The minimum Gasteiger partial charge on any atom is -0.462 e. The van der Waals surface area contributed by atoms with Gasteiger partial charge in [0, 0.05) is 26.2 Å². The van der Waals surface area contributed by atoms with Crippen molar-refractivity contribution in [3.63, 3.8) is 0 Å². The zero-order valence-corrected chi connectivity index (χ0v) is 8.95. The van der Waals surface area contributed by atoms with Crippen LogP contribution in [0.1, 0.15) is 26.7 Å². The number of carbonyl (C=O) groups excluding carboxylic acids is 2. The van der Waals surface area contributed by atoms with Crippen LogP contribution >= 0.6 is 0 Å². The van der Waals surface area contributed by atoms with Gasteiger partial charge in [0.1, 0.15) is 0 Å². The maximum absolute atomic E-state index is 11.0. The topological polar surface area (TPSA) is 46.6 Å². The van der Waals surface area contributed by atoms with E-state index in [1.807, 2.05) is 6.92 Å². The van der Waals surface area contributed by atoms with E-state index in [2.05, 4.69) is 0 Å². The predicted octanol–water partition coefficient (Wildman–Crippen LogP) is 1.32. The van der Waals surface area contributed by atoms with E-state index in [4.69, 9.17) is 4.74 Å². The van der Waals surface area contributed by atoms with Crippen molar-refractivity contribution in [1.29, 1.82) is 0 Å². The zero-order valence-electron chi connectivity index (χ0n) is 8.95. The van der Waals surface area contributed by atoms with Gasteiger partial charge in [-0.1, -0.05) is 13.3 Å². The third-order valence-corrected chi connectivity index (χ3v) is 1.67. The zero-order chi connectivity index (χ0) is 11.0. The summed E-state index contributed by atoms with van der Waals surface area (Å²) in [5, 5.41) is 0. The Morgan fingerprint density at radius 3 is 2.57 bits per heavy atom. The summed E-state index contributed by atoms with van der Waals surface area (Å²) in [5.41, 5.74) is 0. The SMILES string of the molecule is CCCCOC(=O)/C=C/N(C)C(C)=O. The van der Waals surface area contributed by atoms with Gasteiger partial charge in [0.15, 0.2) is 0 Å². The van der Waals surface area contributed by atoms with Crippen molar-refractivity contribution in [2.24, 2.45) is 0 Å². The molecule has 0 rings (SSSR count). The lowest BCUT2D eigenvalue weighted by Gasteiger charge is -2.07. The molecule has 0 saturated heterocycles. The highest BCUT2D eigenvalue weighted by Crippen LogP contribution is 1.91. The summed E-state index contributed by atoms with van der Waals surface area (Å²) in [7, 11) is 1.58. The summed E-state index contributed by atoms with van der Waals surface area (Å²) >= 11 is 0. The number of amides is 1. The van der Waals surface area contributed by atoms with Crippen LogP contribution in [-0.4, -0.2) is 30.4 Å². The molecule has 0 heterocycles. The number of esters is 1. The summed E-state index contributed by atoms with van der Waals surface area (Å²) in [6.45, 7) is 3.88. The first-order valence-electron chi connectivity index (χ1n) is 4.66. The van der Waals surface area contributed by atoms with E-state index >= 15 is 0 Å². The molecule has 0 aromatic heterocycles. The molecule has 0 aliphatic heterocycles. The van der Waals surface area contributed by atoms with Gasteiger partial charge in [-0.2, -0.15) is 0 Å². The highest BCUT2D eigenvalue weighted by atomic mass is 16.5. The molecule has 0 fully saturated rings. The van der Waals surface area contributed by atoms with Crippen molar-refractivity contribution in [3.05, 3.63) is 12.3 Å². The smallest absolute Gasteiger partial charge is 0.332 e. The number of hydrogen-bond donors (Lipinski definition) is 0. The molecule has 0 unspecified atom stereocenters. The highest BCUT2D eigenvalue weighted by molar-refractivity contribution is 5.83. The number of rotatable bonds is 5. The van der Waals surface area contributed by atoms with E-state index in [0.29, 0.717) is 6.61 Å². The lowest BCUT2D eigenvalue weighted by Crippen LogP contribution is -2.17. The summed E-state index contributed by atoms with van der Waals surface area (Å²) in [6, 6.07) is 0. The molecule has 0 aliphatic carbocycles. The summed E-state index contributed by atoms with van der Waals surface area (Å²) in [5.74, 6) is -0.533. The van der Waals surface area contributed by atoms with Crippen molar-refractivity contribution < 1.29 is 14.3 Å². The minimum absolute atomic E-state index is 0.123. The number of unbranched alkanes of at least 4 members (excludes halogenated alkanes) is 1. The van der Waals surface area contributed by atoms with Crippen molar-refractivity contribution in [1.82, 2.24) is 4.90 Å². The molecular weight excluding hydrogens is 182 g/mol. The maximum Gasteiger partial charge on any atom is 0.332 e. The third kappa shape index (κ3) is 6.22. The molecule has 0 radical (unpaired) electrons. The average Bonchev–Trinajstić information content (AvgIpc) is 2.14.